The number of phosphoric ester groups is 1. The molecule has 21 heavy (non-hydrogen) atoms. The third-order valence-corrected chi connectivity index (χ3v) is 4.23. The molecule has 0 aromatic carbocycles. The third kappa shape index (κ3) is 14.3. The Morgan fingerprint density at radius 1 is 0.905 bits per heavy atom. The van der Waals surface area contributed by atoms with Crippen molar-refractivity contribution < 1.29 is 18.1 Å². The lowest BCUT2D eigenvalue weighted by atomic mass is 10.2. The van der Waals surface area contributed by atoms with E-state index in [1.165, 1.54) is 0 Å². The van der Waals surface area contributed by atoms with E-state index in [4.69, 9.17) is 48.4 Å². The second kappa shape index (κ2) is 10.7. The van der Waals surface area contributed by atoms with E-state index >= 15 is 0 Å². The van der Waals surface area contributed by atoms with E-state index in [0.29, 0.717) is 32.5 Å². The summed E-state index contributed by atoms with van der Waals surface area (Å²) in [6.45, 7) is 8.75. The summed E-state index contributed by atoms with van der Waals surface area (Å²) in [5.74, 6) is 0.489. The molecule has 0 aliphatic heterocycles. The Morgan fingerprint density at radius 2 is 1.38 bits per heavy atom. The van der Waals surface area contributed by atoms with Crippen LogP contribution in [-0.4, -0.2) is 23.6 Å². The molecule has 0 spiro atoms. The van der Waals surface area contributed by atoms with Gasteiger partial charge in [0, 0.05) is 0 Å². The predicted octanol–water partition coefficient (Wildman–Crippen LogP) is 6.00. The van der Waals surface area contributed by atoms with Gasteiger partial charge >= 0.3 is 7.82 Å². The van der Waals surface area contributed by atoms with E-state index in [1.54, 1.807) is 0 Å². The molecule has 0 bridgehead atoms. The van der Waals surface area contributed by atoms with Gasteiger partial charge in [0.2, 0.25) is 0 Å². The first-order chi connectivity index (χ1) is 9.54. The molecule has 8 heteroatoms. The van der Waals surface area contributed by atoms with Gasteiger partial charge in [-0.1, -0.05) is 62.5 Å². The quantitative estimate of drug-likeness (QED) is 0.249. The molecule has 0 saturated carbocycles. The highest BCUT2D eigenvalue weighted by molar-refractivity contribution is 7.48. The van der Waals surface area contributed by atoms with Gasteiger partial charge in [-0.15, -0.1) is 0 Å². The van der Waals surface area contributed by atoms with E-state index < -0.39 is 11.6 Å². The summed E-state index contributed by atoms with van der Waals surface area (Å²) in [6, 6.07) is 0. The Bertz CT molecular complexity index is 303. The Hall–Kier alpha value is 0.980. The lowest BCUT2D eigenvalue weighted by Gasteiger charge is -2.20. The second-order valence-corrected chi connectivity index (χ2v) is 9.92. The Labute approximate surface area is 143 Å². The Morgan fingerprint density at radius 3 is 1.76 bits per heavy atom. The number of rotatable bonds is 11. The number of hydrogen-bond acceptors (Lipinski definition) is 4. The number of hydrogen-bond donors (Lipinski definition) is 0. The highest BCUT2D eigenvalue weighted by Gasteiger charge is 2.27. The van der Waals surface area contributed by atoms with Gasteiger partial charge in [-0.25, -0.2) is 4.57 Å². The van der Waals surface area contributed by atoms with Crippen molar-refractivity contribution in [3.05, 3.63) is 0 Å². The van der Waals surface area contributed by atoms with Crippen LogP contribution in [0.1, 0.15) is 47.0 Å². The topological polar surface area (TPSA) is 44.8 Å². The molecule has 0 aromatic heterocycles. The lowest BCUT2D eigenvalue weighted by molar-refractivity contribution is 0.0944. The summed E-state index contributed by atoms with van der Waals surface area (Å²) in [5, 5.41) is 0. The zero-order valence-corrected chi connectivity index (χ0v) is 16.3. The Kier molecular flexibility index (Phi) is 11.2. The molecule has 0 atom stereocenters. The van der Waals surface area contributed by atoms with Gasteiger partial charge in [-0.2, -0.15) is 0 Å². The minimum Gasteiger partial charge on any atom is -0.287 e. The summed E-state index contributed by atoms with van der Waals surface area (Å²) in [4.78, 5) is 0. The fourth-order valence-electron chi connectivity index (χ4n) is 1.20. The third-order valence-electron chi connectivity index (χ3n) is 2.24. The highest BCUT2D eigenvalue weighted by Crippen LogP contribution is 2.50. The molecule has 128 valence electrons. The van der Waals surface area contributed by atoms with Crippen molar-refractivity contribution in [3.63, 3.8) is 0 Å². The first kappa shape index (κ1) is 22.0. The van der Waals surface area contributed by atoms with Gasteiger partial charge in [-0.05, 0) is 31.1 Å². The molecule has 0 aliphatic carbocycles. The fourth-order valence-corrected chi connectivity index (χ4v) is 3.14. The molecule has 0 amide bonds. The molecule has 0 aliphatic rings. The number of halogens is 3. The molecule has 0 heterocycles. The SMILES string of the molecule is CC(C)COP(=O)(OCCCCC(Cl)(Cl)Cl)OCC(C)C. The smallest absolute Gasteiger partial charge is 0.287 e. The van der Waals surface area contributed by atoms with Gasteiger partial charge < -0.3 is 0 Å². The van der Waals surface area contributed by atoms with Crippen molar-refractivity contribution in [2.45, 2.75) is 50.7 Å². The maximum Gasteiger partial charge on any atom is 0.474 e. The van der Waals surface area contributed by atoms with Crippen LogP contribution in [0.2, 0.25) is 0 Å². The molecular formula is C13H26Cl3O4P. The van der Waals surface area contributed by atoms with Crippen LogP contribution in [0.25, 0.3) is 0 Å². The fraction of sp³-hybridized carbons (Fsp3) is 1.00. The van der Waals surface area contributed by atoms with Gasteiger partial charge in [0.05, 0.1) is 19.8 Å². The average Bonchev–Trinajstić information content (AvgIpc) is 2.32. The number of unbranched alkanes of at least 4 members (excludes halogenated alkanes) is 1. The van der Waals surface area contributed by atoms with Crippen molar-refractivity contribution >= 4 is 42.6 Å². The number of alkyl halides is 3. The molecule has 4 nitrogen and oxygen atoms in total. The summed E-state index contributed by atoms with van der Waals surface area (Å²) < 4.78 is 27.2. The van der Waals surface area contributed by atoms with Crippen LogP contribution in [-0.2, 0) is 18.1 Å². The van der Waals surface area contributed by atoms with E-state index in [0.717, 1.165) is 0 Å². The van der Waals surface area contributed by atoms with E-state index in [1.807, 2.05) is 27.7 Å². The molecule has 0 fully saturated rings. The van der Waals surface area contributed by atoms with Crippen LogP contribution >= 0.6 is 42.6 Å². The minimum absolute atomic E-state index is 0.244. The van der Waals surface area contributed by atoms with Crippen molar-refractivity contribution in [2.24, 2.45) is 11.8 Å². The molecule has 0 unspecified atom stereocenters. The highest BCUT2D eigenvalue weighted by atomic mass is 35.6. The first-order valence-corrected chi connectivity index (χ1v) is 9.74. The number of phosphoric acid groups is 1. The second-order valence-electron chi connectivity index (χ2n) is 5.73. The van der Waals surface area contributed by atoms with Crippen LogP contribution in [0, 0.1) is 11.8 Å². The molecule has 0 N–H and O–H groups in total. The zero-order valence-electron chi connectivity index (χ0n) is 13.1. The normalized spacial score (nSPS) is 13.4. The lowest BCUT2D eigenvalue weighted by Crippen LogP contribution is -2.09. The summed E-state index contributed by atoms with van der Waals surface area (Å²) in [6.07, 6.45) is 1.70. The van der Waals surface area contributed by atoms with Crippen LogP contribution < -0.4 is 0 Å². The van der Waals surface area contributed by atoms with E-state index in [-0.39, 0.29) is 18.4 Å². The van der Waals surface area contributed by atoms with Crippen molar-refractivity contribution in [1.82, 2.24) is 0 Å². The van der Waals surface area contributed by atoms with Gasteiger partial charge in [0.1, 0.15) is 0 Å². The van der Waals surface area contributed by atoms with Crippen LogP contribution in [0.5, 0.6) is 0 Å². The van der Waals surface area contributed by atoms with Crippen molar-refractivity contribution in [3.8, 4) is 0 Å². The summed E-state index contributed by atoms with van der Waals surface area (Å²) >= 11 is 17.0. The first-order valence-electron chi connectivity index (χ1n) is 7.14. The van der Waals surface area contributed by atoms with Gasteiger partial charge in [0.15, 0.2) is 3.79 Å². The minimum atomic E-state index is -3.51. The summed E-state index contributed by atoms with van der Waals surface area (Å²) in [7, 11) is -3.51. The molecule has 0 rings (SSSR count). The van der Waals surface area contributed by atoms with Crippen LogP contribution in [0.3, 0.4) is 0 Å². The summed E-state index contributed by atoms with van der Waals surface area (Å²) in [5.41, 5.74) is 0. The van der Waals surface area contributed by atoms with Gasteiger partial charge in [0.25, 0.3) is 0 Å². The molecule has 0 saturated heterocycles. The molecule has 0 aromatic rings. The molecule has 0 radical (unpaired) electrons. The maximum absolute atomic E-state index is 12.4. The maximum atomic E-state index is 12.4. The van der Waals surface area contributed by atoms with E-state index in [2.05, 4.69) is 0 Å². The van der Waals surface area contributed by atoms with Crippen molar-refractivity contribution in [1.29, 1.82) is 0 Å². The zero-order chi connectivity index (χ0) is 16.5. The van der Waals surface area contributed by atoms with E-state index in [9.17, 15) is 4.57 Å². The average molecular weight is 384 g/mol. The van der Waals surface area contributed by atoms with Crippen LogP contribution in [0.15, 0.2) is 0 Å². The van der Waals surface area contributed by atoms with Crippen molar-refractivity contribution in [2.75, 3.05) is 19.8 Å². The standard InChI is InChI=1S/C13H26Cl3O4P/c1-11(2)9-19-21(17,20-10-12(3)4)18-8-6-5-7-13(14,15)16/h11-12H,5-10H2,1-4H3. The monoisotopic (exact) mass is 382 g/mol. The largest absolute Gasteiger partial charge is 0.474 e. The van der Waals surface area contributed by atoms with Crippen LogP contribution in [0.4, 0.5) is 0 Å². The Balaban J connectivity index is 4.17. The molecular weight excluding hydrogens is 357 g/mol. The van der Waals surface area contributed by atoms with Gasteiger partial charge in [-0.3, -0.25) is 13.6 Å². The predicted molar refractivity (Wildman–Crippen MR) is 89.3 cm³/mol.